The van der Waals surface area contributed by atoms with Crippen LogP contribution in [0, 0.1) is 0 Å². The Kier molecular flexibility index (Phi) is 4.50. The summed E-state index contributed by atoms with van der Waals surface area (Å²) in [5.41, 5.74) is 1.82. The van der Waals surface area contributed by atoms with Gasteiger partial charge in [-0.15, -0.1) is 0 Å². The largest absolute Gasteiger partial charge is 0.466 e. The van der Waals surface area contributed by atoms with E-state index in [4.69, 9.17) is 4.74 Å². The number of hydrogen-bond acceptors (Lipinski definition) is 4. The van der Waals surface area contributed by atoms with Crippen molar-refractivity contribution in [3.63, 3.8) is 0 Å². The Bertz CT molecular complexity index is 538. The third-order valence-electron chi connectivity index (χ3n) is 3.17. The van der Waals surface area contributed by atoms with Crippen molar-refractivity contribution in [1.82, 2.24) is 0 Å². The molecule has 0 fully saturated rings. The van der Waals surface area contributed by atoms with Gasteiger partial charge in [0.1, 0.15) is 6.42 Å². The summed E-state index contributed by atoms with van der Waals surface area (Å²) in [5.74, 6) is -0.940. The molecule has 0 saturated heterocycles. The molecule has 0 bridgehead atoms. The number of carbonyl (C=O) groups excluding carboxylic acids is 3. The number of esters is 1. The number of benzene rings is 1. The number of ketones is 1. The van der Waals surface area contributed by atoms with Crippen LogP contribution in [-0.2, 0) is 25.5 Å². The molecule has 1 aliphatic rings. The van der Waals surface area contributed by atoms with Crippen LogP contribution in [0.5, 0.6) is 0 Å². The van der Waals surface area contributed by atoms with E-state index in [1.54, 1.807) is 6.92 Å². The van der Waals surface area contributed by atoms with Gasteiger partial charge in [0, 0.05) is 12.1 Å². The maximum Gasteiger partial charge on any atom is 0.313 e. The van der Waals surface area contributed by atoms with Crippen LogP contribution in [0.1, 0.15) is 25.3 Å². The van der Waals surface area contributed by atoms with Gasteiger partial charge in [0.15, 0.2) is 5.78 Å². The van der Waals surface area contributed by atoms with Crippen LogP contribution in [0.25, 0.3) is 0 Å². The highest BCUT2D eigenvalue weighted by Gasteiger charge is 2.26. The van der Waals surface area contributed by atoms with Crippen molar-refractivity contribution < 1.29 is 19.1 Å². The van der Waals surface area contributed by atoms with E-state index in [2.05, 4.69) is 0 Å². The van der Waals surface area contributed by atoms with Crippen LogP contribution >= 0.6 is 0 Å². The minimum atomic E-state index is -0.546. The van der Waals surface area contributed by atoms with Crippen LogP contribution < -0.4 is 4.90 Å². The summed E-state index contributed by atoms with van der Waals surface area (Å²) in [4.78, 5) is 36.6. The molecular formula is C15H17NO4. The third-order valence-corrected chi connectivity index (χ3v) is 3.17. The molecule has 106 valence electrons. The second-order valence-electron chi connectivity index (χ2n) is 4.63. The molecule has 1 aromatic carbocycles. The zero-order chi connectivity index (χ0) is 14.5. The fourth-order valence-electron chi connectivity index (χ4n) is 2.28. The lowest BCUT2D eigenvalue weighted by Crippen LogP contribution is -2.39. The van der Waals surface area contributed by atoms with Crippen LogP contribution in [0.15, 0.2) is 24.3 Å². The lowest BCUT2D eigenvalue weighted by Gasteiger charge is -2.28. The first-order valence-corrected chi connectivity index (χ1v) is 6.67. The fourth-order valence-corrected chi connectivity index (χ4v) is 2.28. The zero-order valence-corrected chi connectivity index (χ0v) is 11.4. The molecular weight excluding hydrogens is 258 g/mol. The molecule has 20 heavy (non-hydrogen) atoms. The van der Waals surface area contributed by atoms with E-state index in [1.807, 2.05) is 24.3 Å². The van der Waals surface area contributed by atoms with Crippen molar-refractivity contribution in [2.24, 2.45) is 0 Å². The van der Waals surface area contributed by atoms with E-state index < -0.39 is 5.97 Å². The lowest BCUT2D eigenvalue weighted by molar-refractivity contribution is -0.145. The molecule has 0 spiro atoms. The quantitative estimate of drug-likeness (QED) is 0.603. The number of anilines is 1. The minimum absolute atomic E-state index is 0.0747. The van der Waals surface area contributed by atoms with E-state index in [-0.39, 0.29) is 31.3 Å². The Hall–Kier alpha value is -2.17. The Morgan fingerprint density at radius 2 is 2.00 bits per heavy atom. The van der Waals surface area contributed by atoms with Crippen LogP contribution in [0.4, 0.5) is 5.69 Å². The summed E-state index contributed by atoms with van der Waals surface area (Å²) in [7, 11) is 0. The van der Waals surface area contributed by atoms with Gasteiger partial charge in [-0.25, -0.2) is 0 Å². The van der Waals surface area contributed by atoms with Crippen LogP contribution in [-0.4, -0.2) is 30.8 Å². The third kappa shape index (κ3) is 3.23. The highest BCUT2D eigenvalue weighted by atomic mass is 16.5. The Morgan fingerprint density at radius 1 is 1.25 bits per heavy atom. The first-order valence-electron chi connectivity index (χ1n) is 6.67. The number of nitrogens with zero attached hydrogens (tertiary/aromatic N) is 1. The van der Waals surface area contributed by atoms with Gasteiger partial charge in [-0.05, 0) is 25.0 Å². The van der Waals surface area contributed by atoms with Crippen molar-refractivity contribution >= 4 is 23.3 Å². The van der Waals surface area contributed by atoms with Gasteiger partial charge < -0.3 is 9.64 Å². The van der Waals surface area contributed by atoms with E-state index in [0.717, 1.165) is 11.3 Å². The zero-order valence-electron chi connectivity index (χ0n) is 11.4. The maximum atomic E-state index is 12.0. The average Bonchev–Trinajstić information content (AvgIpc) is 2.42. The van der Waals surface area contributed by atoms with E-state index in [0.29, 0.717) is 12.8 Å². The molecule has 5 heteroatoms. The SMILES string of the molecule is CCOC(=O)CC(=O)CN1C(=O)CCc2ccccc21. The normalized spacial score (nSPS) is 13.8. The molecule has 1 heterocycles. The predicted octanol–water partition coefficient (Wildman–Crippen LogP) is 1.49. The molecule has 5 nitrogen and oxygen atoms in total. The number of Topliss-reactive ketones (excluding diaryl/α,β-unsaturated/α-hetero) is 1. The van der Waals surface area contributed by atoms with Crippen molar-refractivity contribution in [2.75, 3.05) is 18.1 Å². The fraction of sp³-hybridized carbons (Fsp3) is 0.400. The van der Waals surface area contributed by atoms with Crippen molar-refractivity contribution in [1.29, 1.82) is 0 Å². The van der Waals surface area contributed by atoms with Crippen molar-refractivity contribution in [3.05, 3.63) is 29.8 Å². The Balaban J connectivity index is 2.07. The molecule has 0 N–H and O–H groups in total. The predicted molar refractivity (Wildman–Crippen MR) is 73.4 cm³/mol. The first-order chi connectivity index (χ1) is 9.61. The average molecular weight is 275 g/mol. The van der Waals surface area contributed by atoms with Gasteiger partial charge in [0.2, 0.25) is 5.91 Å². The van der Waals surface area contributed by atoms with Gasteiger partial charge in [-0.3, -0.25) is 14.4 Å². The molecule has 0 saturated carbocycles. The highest BCUT2D eigenvalue weighted by Crippen LogP contribution is 2.27. The topological polar surface area (TPSA) is 63.7 Å². The second kappa shape index (κ2) is 6.32. The smallest absolute Gasteiger partial charge is 0.313 e. The van der Waals surface area contributed by atoms with Gasteiger partial charge in [-0.1, -0.05) is 18.2 Å². The van der Waals surface area contributed by atoms with Gasteiger partial charge >= 0.3 is 5.97 Å². The molecule has 0 aliphatic carbocycles. The molecule has 0 unspecified atom stereocenters. The van der Waals surface area contributed by atoms with E-state index >= 15 is 0 Å². The standard InChI is InChI=1S/C15H17NO4/c1-2-20-15(19)9-12(17)10-16-13-6-4-3-5-11(13)7-8-14(16)18/h3-6H,2,7-10H2,1H3. The number of amides is 1. The Morgan fingerprint density at radius 3 is 2.75 bits per heavy atom. The van der Waals surface area contributed by atoms with Gasteiger partial charge in [0.05, 0.1) is 13.2 Å². The van der Waals surface area contributed by atoms with Crippen molar-refractivity contribution in [3.8, 4) is 0 Å². The lowest BCUT2D eigenvalue weighted by atomic mass is 10.0. The van der Waals surface area contributed by atoms with E-state index in [9.17, 15) is 14.4 Å². The molecule has 1 aliphatic heterocycles. The molecule has 0 atom stereocenters. The highest BCUT2D eigenvalue weighted by molar-refractivity contribution is 6.05. The van der Waals surface area contributed by atoms with E-state index in [1.165, 1.54) is 4.90 Å². The van der Waals surface area contributed by atoms with Crippen LogP contribution in [0.3, 0.4) is 0 Å². The monoisotopic (exact) mass is 275 g/mol. The summed E-state index contributed by atoms with van der Waals surface area (Å²) < 4.78 is 4.73. The first kappa shape index (κ1) is 14.2. The maximum absolute atomic E-state index is 12.0. The Labute approximate surface area is 117 Å². The number of fused-ring (bicyclic) bond motifs is 1. The molecule has 0 radical (unpaired) electrons. The number of rotatable bonds is 5. The summed E-state index contributed by atoms with van der Waals surface area (Å²) in [6.45, 7) is 1.86. The minimum Gasteiger partial charge on any atom is -0.466 e. The summed E-state index contributed by atoms with van der Waals surface area (Å²) >= 11 is 0. The molecule has 1 aromatic rings. The number of ether oxygens (including phenoxy) is 1. The van der Waals surface area contributed by atoms with Crippen LogP contribution in [0.2, 0.25) is 0 Å². The summed E-state index contributed by atoms with van der Waals surface area (Å²) in [6, 6.07) is 7.52. The van der Waals surface area contributed by atoms with Gasteiger partial charge in [-0.2, -0.15) is 0 Å². The second-order valence-corrected chi connectivity index (χ2v) is 4.63. The number of aryl methyl sites for hydroxylation is 1. The molecule has 0 aromatic heterocycles. The summed E-state index contributed by atoms with van der Waals surface area (Å²) in [6.07, 6.45) is 0.793. The summed E-state index contributed by atoms with van der Waals surface area (Å²) in [5, 5.41) is 0. The number of para-hydroxylation sites is 1. The number of carbonyl (C=O) groups is 3. The number of hydrogen-bond donors (Lipinski definition) is 0. The van der Waals surface area contributed by atoms with Crippen molar-refractivity contribution in [2.45, 2.75) is 26.2 Å². The molecule has 2 rings (SSSR count). The van der Waals surface area contributed by atoms with Gasteiger partial charge in [0.25, 0.3) is 0 Å². The molecule has 1 amide bonds.